The quantitative estimate of drug-likeness (QED) is 0.320. The highest BCUT2D eigenvalue weighted by atomic mass is 79.9. The number of ether oxygens (including phenoxy) is 1. The Balaban J connectivity index is 0.000000198. The minimum atomic E-state index is -0.844. The van der Waals surface area contributed by atoms with Gasteiger partial charge in [0.2, 0.25) is 11.6 Å². The third kappa shape index (κ3) is 6.58. The number of aromatic amines is 1. The summed E-state index contributed by atoms with van der Waals surface area (Å²) in [5.41, 5.74) is 0.0106. The van der Waals surface area contributed by atoms with Crippen molar-refractivity contribution < 1.29 is 24.5 Å². The van der Waals surface area contributed by atoms with Gasteiger partial charge in [-0.25, -0.2) is 4.79 Å². The lowest BCUT2D eigenvalue weighted by molar-refractivity contribution is -0.0459. The molecular formula is C25H23BrN2O7. The van der Waals surface area contributed by atoms with Crippen LogP contribution in [0.25, 0.3) is 6.08 Å². The van der Waals surface area contributed by atoms with Crippen LogP contribution in [0.2, 0.25) is 0 Å². The van der Waals surface area contributed by atoms with Gasteiger partial charge in [-0.3, -0.25) is 23.9 Å². The van der Waals surface area contributed by atoms with Crippen LogP contribution in [0.3, 0.4) is 0 Å². The first-order chi connectivity index (χ1) is 16.8. The van der Waals surface area contributed by atoms with Gasteiger partial charge in [0, 0.05) is 23.7 Å². The molecular weight excluding hydrogens is 520 g/mol. The molecule has 0 saturated carbocycles. The number of aliphatic hydroxyl groups is 2. The lowest BCUT2D eigenvalue weighted by Crippen LogP contribution is -2.33. The van der Waals surface area contributed by atoms with Gasteiger partial charge >= 0.3 is 5.69 Å². The number of Topliss-reactive ketones (excluding diaryl/α,β-unsaturated/α-hetero) is 2. The first kappa shape index (κ1) is 26.2. The van der Waals surface area contributed by atoms with E-state index in [9.17, 15) is 24.3 Å². The molecule has 4 rings (SSSR count). The summed E-state index contributed by atoms with van der Waals surface area (Å²) in [6.07, 6.45) is 0.746. The van der Waals surface area contributed by atoms with Gasteiger partial charge in [0.15, 0.2) is 0 Å². The molecule has 1 aromatic heterocycles. The Morgan fingerprint density at radius 2 is 1.57 bits per heavy atom. The van der Waals surface area contributed by atoms with Crippen molar-refractivity contribution in [3.8, 4) is 0 Å². The van der Waals surface area contributed by atoms with E-state index in [1.807, 2.05) is 12.1 Å². The molecule has 2 aromatic carbocycles. The molecule has 1 aliphatic heterocycles. The zero-order chi connectivity index (χ0) is 25.4. The molecule has 0 amide bonds. The van der Waals surface area contributed by atoms with E-state index < -0.39 is 41.3 Å². The number of aliphatic hydroxyl groups excluding tert-OH is 2. The maximum atomic E-state index is 11.8. The molecule has 1 fully saturated rings. The lowest BCUT2D eigenvalue weighted by Gasteiger charge is -2.14. The molecule has 3 aromatic rings. The van der Waals surface area contributed by atoms with Crippen LogP contribution in [-0.2, 0) is 4.74 Å². The Morgan fingerprint density at radius 3 is 2.03 bits per heavy atom. The first-order valence-electron chi connectivity index (χ1n) is 10.6. The highest BCUT2D eigenvalue weighted by Gasteiger charge is 2.35. The van der Waals surface area contributed by atoms with E-state index in [1.54, 1.807) is 48.5 Å². The van der Waals surface area contributed by atoms with Gasteiger partial charge in [-0.05, 0) is 11.1 Å². The fourth-order valence-corrected chi connectivity index (χ4v) is 3.68. The van der Waals surface area contributed by atoms with Crippen molar-refractivity contribution in [2.45, 2.75) is 24.9 Å². The van der Waals surface area contributed by atoms with Crippen LogP contribution in [0.15, 0.2) is 81.4 Å². The third-order valence-electron chi connectivity index (χ3n) is 5.21. The smallest absolute Gasteiger partial charge is 0.330 e. The standard InChI is InChI=1S/C14H10O2.C11H13BrN2O5/c15-13(11-7-3-1-4-8-11)14(16)12-9-5-2-6-10-12;12-2-1-6-4-14(11(18)13-10(6)17)9-3-7(16)8(5-15)19-9/h1-10H;1-2,4,7-9,15-16H,3,5H2,(H,13,17,18)/b;2-1+/t;7-,8+,9+/m.0/s1. The molecule has 3 atom stereocenters. The number of aromatic nitrogens is 2. The van der Waals surface area contributed by atoms with Gasteiger partial charge < -0.3 is 14.9 Å². The van der Waals surface area contributed by atoms with Gasteiger partial charge in [0.05, 0.1) is 18.3 Å². The summed E-state index contributed by atoms with van der Waals surface area (Å²) in [6.45, 7) is -0.329. The van der Waals surface area contributed by atoms with Gasteiger partial charge in [0.1, 0.15) is 12.3 Å². The second-order valence-corrected chi connectivity index (χ2v) is 8.08. The Kier molecular flexibility index (Phi) is 9.21. The molecule has 0 radical (unpaired) electrons. The van der Waals surface area contributed by atoms with Gasteiger partial charge in [-0.2, -0.15) is 0 Å². The van der Waals surface area contributed by atoms with Crippen LogP contribution in [0.5, 0.6) is 0 Å². The normalized spacial score (nSPS) is 19.2. The molecule has 1 aliphatic rings. The molecule has 0 bridgehead atoms. The van der Waals surface area contributed by atoms with E-state index >= 15 is 0 Å². The Labute approximate surface area is 208 Å². The number of halogens is 1. The Hall–Kier alpha value is -3.44. The highest BCUT2D eigenvalue weighted by Crippen LogP contribution is 2.27. The lowest BCUT2D eigenvalue weighted by atomic mass is 10.0. The number of hydrogen-bond donors (Lipinski definition) is 3. The number of benzene rings is 2. The third-order valence-corrected chi connectivity index (χ3v) is 5.47. The van der Waals surface area contributed by atoms with Crippen molar-refractivity contribution in [3.05, 3.63) is 109 Å². The van der Waals surface area contributed by atoms with Crippen LogP contribution < -0.4 is 11.2 Å². The number of hydrogen-bond acceptors (Lipinski definition) is 7. The van der Waals surface area contributed by atoms with E-state index in [2.05, 4.69) is 20.9 Å². The maximum absolute atomic E-state index is 11.8. The van der Waals surface area contributed by atoms with E-state index in [0.29, 0.717) is 11.1 Å². The Morgan fingerprint density at radius 1 is 1.03 bits per heavy atom. The second kappa shape index (κ2) is 12.3. The summed E-state index contributed by atoms with van der Waals surface area (Å²) in [7, 11) is 0. The molecule has 0 aliphatic carbocycles. The average molecular weight is 543 g/mol. The second-order valence-electron chi connectivity index (χ2n) is 7.55. The van der Waals surface area contributed by atoms with E-state index in [4.69, 9.17) is 9.84 Å². The summed E-state index contributed by atoms with van der Waals surface area (Å²) >= 11 is 3.05. The number of carbonyl (C=O) groups is 2. The van der Waals surface area contributed by atoms with Crippen molar-refractivity contribution in [3.63, 3.8) is 0 Å². The summed E-state index contributed by atoms with van der Waals surface area (Å²) < 4.78 is 6.56. The summed E-state index contributed by atoms with van der Waals surface area (Å²) in [5, 5.41) is 18.7. The molecule has 3 N–H and O–H groups in total. The molecule has 2 heterocycles. The van der Waals surface area contributed by atoms with Crippen molar-refractivity contribution >= 4 is 33.6 Å². The first-order valence-corrected chi connectivity index (χ1v) is 11.5. The van der Waals surface area contributed by atoms with E-state index in [-0.39, 0.29) is 18.6 Å². The van der Waals surface area contributed by atoms with Crippen molar-refractivity contribution in [1.82, 2.24) is 9.55 Å². The van der Waals surface area contributed by atoms with Crippen LogP contribution >= 0.6 is 15.9 Å². The molecule has 1 saturated heterocycles. The number of nitrogens with one attached hydrogen (secondary N) is 1. The van der Waals surface area contributed by atoms with Gasteiger partial charge in [-0.15, -0.1) is 0 Å². The highest BCUT2D eigenvalue weighted by molar-refractivity contribution is 9.11. The fraction of sp³-hybridized carbons (Fsp3) is 0.200. The van der Waals surface area contributed by atoms with Gasteiger partial charge in [0.25, 0.3) is 5.56 Å². The predicted molar refractivity (Wildman–Crippen MR) is 132 cm³/mol. The summed E-state index contributed by atoms with van der Waals surface area (Å²) in [6, 6.07) is 17.2. The fourth-order valence-electron chi connectivity index (χ4n) is 3.39. The van der Waals surface area contributed by atoms with Crippen molar-refractivity contribution in [2.75, 3.05) is 6.61 Å². The van der Waals surface area contributed by atoms with Crippen molar-refractivity contribution in [1.29, 1.82) is 0 Å². The summed E-state index contributed by atoms with van der Waals surface area (Å²) in [4.78, 5) is 50.5. The number of ketones is 2. The van der Waals surface area contributed by atoms with Crippen LogP contribution in [-0.4, -0.2) is 50.1 Å². The Bertz CT molecular complexity index is 1250. The molecule has 10 heteroatoms. The minimum absolute atomic E-state index is 0.175. The number of nitrogens with zero attached hydrogens (tertiary/aromatic N) is 1. The number of rotatable bonds is 6. The molecule has 0 spiro atoms. The largest absolute Gasteiger partial charge is 0.394 e. The van der Waals surface area contributed by atoms with E-state index in [0.717, 1.165) is 0 Å². The molecule has 9 nitrogen and oxygen atoms in total. The topological polar surface area (TPSA) is 139 Å². The summed E-state index contributed by atoms with van der Waals surface area (Å²) in [5.74, 6) is -0.932. The van der Waals surface area contributed by atoms with Gasteiger partial charge in [-0.1, -0.05) is 76.6 Å². The number of carbonyl (C=O) groups excluding carboxylic acids is 2. The maximum Gasteiger partial charge on any atom is 0.330 e. The SMILES string of the molecule is O=C(C(=O)c1ccccc1)c1ccccc1.O=c1[nH]c(=O)n([C@H]2C[C@H](O)[C@@H](CO)O2)cc1/C=C/Br. The minimum Gasteiger partial charge on any atom is -0.394 e. The monoisotopic (exact) mass is 542 g/mol. The zero-order valence-corrected chi connectivity index (χ0v) is 20.0. The molecule has 35 heavy (non-hydrogen) atoms. The van der Waals surface area contributed by atoms with Crippen molar-refractivity contribution in [2.24, 2.45) is 0 Å². The van der Waals surface area contributed by atoms with Crippen LogP contribution in [0.4, 0.5) is 0 Å². The zero-order valence-electron chi connectivity index (χ0n) is 18.4. The number of H-pyrrole nitrogens is 1. The van der Waals surface area contributed by atoms with Crippen LogP contribution in [0.1, 0.15) is 38.9 Å². The molecule has 182 valence electrons. The molecule has 0 unspecified atom stereocenters. The van der Waals surface area contributed by atoms with E-state index in [1.165, 1.54) is 21.8 Å². The predicted octanol–water partition coefficient (Wildman–Crippen LogP) is 2.30. The average Bonchev–Trinajstić information content (AvgIpc) is 3.26. The van der Waals surface area contributed by atoms with Crippen LogP contribution in [0, 0.1) is 0 Å².